The molecule has 34 heavy (non-hydrogen) atoms. The maximum Gasteiger partial charge on any atom is 0.413 e. The number of aromatic amines is 1. The molecule has 3 rings (SSSR count). The molecule has 0 unspecified atom stereocenters. The number of ether oxygens (including phenoxy) is 2. The first-order chi connectivity index (χ1) is 16.0. The van der Waals surface area contributed by atoms with Gasteiger partial charge in [-0.3, -0.25) is 10.1 Å². The van der Waals surface area contributed by atoms with Gasteiger partial charge < -0.3 is 25.1 Å². The first kappa shape index (κ1) is 24.9. The van der Waals surface area contributed by atoms with E-state index in [2.05, 4.69) is 30.7 Å². The molecular weight excluding hydrogens is 458 g/mol. The van der Waals surface area contributed by atoms with Crippen LogP contribution in [0.3, 0.4) is 0 Å². The van der Waals surface area contributed by atoms with E-state index in [9.17, 15) is 14.4 Å². The van der Waals surface area contributed by atoms with Crippen molar-refractivity contribution in [3.8, 4) is 0 Å². The zero-order chi connectivity index (χ0) is 24.9. The standard InChI is InChI=1S/C23H27N5O5S/c1-13(24-22(31)33-23(2,3)4)19(29)25-14-6-8-15(9-7-14)34-16-10-11-17-18(12-16)27-20(26-17)28-21(30)32-5/h6-13H,1-5H3,(H,24,31)(H,25,29)(H2,26,27,28,30)/t13-/m0/s1. The molecule has 0 saturated carbocycles. The number of H-pyrrole nitrogens is 1. The number of benzene rings is 2. The van der Waals surface area contributed by atoms with Crippen molar-refractivity contribution in [2.45, 2.75) is 49.1 Å². The Labute approximate surface area is 201 Å². The second kappa shape index (κ2) is 10.5. The first-order valence-corrected chi connectivity index (χ1v) is 11.3. The lowest BCUT2D eigenvalue weighted by molar-refractivity contribution is -0.117. The van der Waals surface area contributed by atoms with Crippen molar-refractivity contribution in [2.24, 2.45) is 0 Å². The van der Waals surface area contributed by atoms with Crippen molar-refractivity contribution < 1.29 is 23.9 Å². The fourth-order valence-corrected chi connectivity index (χ4v) is 3.66. The summed E-state index contributed by atoms with van der Waals surface area (Å²) in [6.45, 7) is 6.85. The van der Waals surface area contributed by atoms with E-state index in [1.807, 2.05) is 30.3 Å². The van der Waals surface area contributed by atoms with Crippen LogP contribution in [0.25, 0.3) is 11.0 Å². The van der Waals surface area contributed by atoms with E-state index in [4.69, 9.17) is 4.74 Å². The van der Waals surface area contributed by atoms with Gasteiger partial charge in [0.25, 0.3) is 0 Å². The molecule has 180 valence electrons. The zero-order valence-electron chi connectivity index (χ0n) is 19.5. The van der Waals surface area contributed by atoms with E-state index in [1.165, 1.54) is 18.9 Å². The van der Waals surface area contributed by atoms with Crippen molar-refractivity contribution in [1.82, 2.24) is 15.3 Å². The van der Waals surface area contributed by atoms with Gasteiger partial charge in [0.2, 0.25) is 11.9 Å². The number of nitrogens with zero attached hydrogens (tertiary/aromatic N) is 1. The molecule has 0 bridgehead atoms. The molecule has 1 aromatic heterocycles. The largest absolute Gasteiger partial charge is 0.453 e. The minimum Gasteiger partial charge on any atom is -0.453 e. The lowest BCUT2D eigenvalue weighted by atomic mass is 10.2. The van der Waals surface area contributed by atoms with Gasteiger partial charge in [0.1, 0.15) is 11.6 Å². The van der Waals surface area contributed by atoms with Crippen molar-refractivity contribution in [1.29, 1.82) is 0 Å². The number of alkyl carbamates (subject to hydrolysis) is 1. The monoisotopic (exact) mass is 485 g/mol. The van der Waals surface area contributed by atoms with Crippen LogP contribution < -0.4 is 16.0 Å². The SMILES string of the molecule is COC(=O)Nc1nc2ccc(Sc3ccc(NC(=O)[C@H](C)NC(=O)OC(C)(C)C)cc3)cc2[nH]1. The lowest BCUT2D eigenvalue weighted by Gasteiger charge is -2.21. The molecule has 1 heterocycles. The van der Waals surface area contributed by atoms with Crippen molar-refractivity contribution in [3.05, 3.63) is 42.5 Å². The molecule has 0 saturated heterocycles. The van der Waals surface area contributed by atoms with Gasteiger partial charge >= 0.3 is 12.2 Å². The van der Waals surface area contributed by atoms with E-state index in [0.29, 0.717) is 17.2 Å². The highest BCUT2D eigenvalue weighted by Crippen LogP contribution is 2.30. The fraction of sp³-hybridized carbons (Fsp3) is 0.304. The smallest absolute Gasteiger partial charge is 0.413 e. The van der Waals surface area contributed by atoms with E-state index >= 15 is 0 Å². The Bertz CT molecular complexity index is 1190. The van der Waals surface area contributed by atoms with Gasteiger partial charge in [0.15, 0.2) is 0 Å². The number of carbonyl (C=O) groups excluding carboxylic acids is 3. The molecule has 2 aromatic carbocycles. The fourth-order valence-electron chi connectivity index (χ4n) is 2.80. The topological polar surface area (TPSA) is 134 Å². The molecule has 0 fully saturated rings. The lowest BCUT2D eigenvalue weighted by Crippen LogP contribution is -2.43. The van der Waals surface area contributed by atoms with Crippen LogP contribution >= 0.6 is 11.8 Å². The molecule has 0 aliphatic heterocycles. The molecule has 3 amide bonds. The summed E-state index contributed by atoms with van der Waals surface area (Å²) in [4.78, 5) is 44.8. The second-order valence-corrected chi connectivity index (χ2v) is 9.51. The average molecular weight is 486 g/mol. The summed E-state index contributed by atoms with van der Waals surface area (Å²) in [6, 6.07) is 12.3. The van der Waals surface area contributed by atoms with Gasteiger partial charge in [-0.05, 0) is 70.2 Å². The van der Waals surface area contributed by atoms with Crippen LogP contribution in [-0.4, -0.2) is 46.8 Å². The normalized spacial score (nSPS) is 12.0. The first-order valence-electron chi connectivity index (χ1n) is 10.5. The molecule has 0 aliphatic carbocycles. The Morgan fingerprint density at radius 3 is 2.32 bits per heavy atom. The minimum atomic E-state index is -0.761. The maximum atomic E-state index is 12.4. The van der Waals surface area contributed by atoms with Crippen LogP contribution in [0.4, 0.5) is 21.2 Å². The predicted molar refractivity (Wildman–Crippen MR) is 130 cm³/mol. The highest BCUT2D eigenvalue weighted by atomic mass is 32.2. The second-order valence-electron chi connectivity index (χ2n) is 8.36. The van der Waals surface area contributed by atoms with Crippen molar-refractivity contribution in [2.75, 3.05) is 17.7 Å². The van der Waals surface area contributed by atoms with Crippen LogP contribution in [-0.2, 0) is 14.3 Å². The number of nitrogens with one attached hydrogen (secondary N) is 4. The summed E-state index contributed by atoms with van der Waals surface area (Å²) in [6.07, 6.45) is -1.25. The Balaban J connectivity index is 1.58. The Morgan fingerprint density at radius 2 is 1.68 bits per heavy atom. The third-order valence-corrected chi connectivity index (χ3v) is 5.34. The van der Waals surface area contributed by atoms with E-state index in [1.54, 1.807) is 39.8 Å². The molecule has 1 atom stereocenters. The highest BCUT2D eigenvalue weighted by molar-refractivity contribution is 7.99. The number of hydrogen-bond acceptors (Lipinski definition) is 7. The average Bonchev–Trinajstić information content (AvgIpc) is 3.15. The predicted octanol–water partition coefficient (Wildman–Crippen LogP) is 4.74. The Kier molecular flexibility index (Phi) is 7.67. The summed E-state index contributed by atoms with van der Waals surface area (Å²) >= 11 is 1.53. The van der Waals surface area contributed by atoms with Gasteiger partial charge in [-0.25, -0.2) is 14.6 Å². The van der Waals surface area contributed by atoms with Gasteiger partial charge in [0, 0.05) is 15.5 Å². The van der Waals surface area contributed by atoms with Crippen LogP contribution in [0.15, 0.2) is 52.3 Å². The third-order valence-electron chi connectivity index (χ3n) is 4.34. The number of anilines is 2. The van der Waals surface area contributed by atoms with Gasteiger partial charge in [0.05, 0.1) is 18.1 Å². The maximum absolute atomic E-state index is 12.4. The number of aromatic nitrogens is 2. The Hall–Kier alpha value is -3.73. The number of methoxy groups -OCH3 is 1. The van der Waals surface area contributed by atoms with E-state index < -0.39 is 23.8 Å². The third kappa shape index (κ3) is 7.14. The number of carbonyl (C=O) groups is 3. The molecule has 4 N–H and O–H groups in total. The van der Waals surface area contributed by atoms with Gasteiger partial charge in [-0.1, -0.05) is 11.8 Å². The summed E-state index contributed by atoms with van der Waals surface area (Å²) in [5.41, 5.74) is 1.45. The number of hydrogen-bond donors (Lipinski definition) is 4. The number of fused-ring (bicyclic) bond motifs is 1. The van der Waals surface area contributed by atoms with Crippen LogP contribution in [0.5, 0.6) is 0 Å². The summed E-state index contributed by atoms with van der Waals surface area (Å²) in [5, 5.41) is 7.79. The summed E-state index contributed by atoms with van der Waals surface area (Å²) < 4.78 is 9.74. The van der Waals surface area contributed by atoms with Crippen molar-refractivity contribution >= 4 is 52.5 Å². The van der Waals surface area contributed by atoms with Gasteiger partial charge in [-0.15, -0.1) is 0 Å². The Morgan fingerprint density at radius 1 is 1.00 bits per heavy atom. The molecule has 0 aliphatic rings. The van der Waals surface area contributed by atoms with Crippen LogP contribution in [0, 0.1) is 0 Å². The molecule has 10 nitrogen and oxygen atoms in total. The summed E-state index contributed by atoms with van der Waals surface area (Å²) in [5.74, 6) is -0.0493. The molecular formula is C23H27N5O5S. The molecule has 3 aromatic rings. The number of rotatable bonds is 6. The zero-order valence-corrected chi connectivity index (χ0v) is 20.3. The quantitative estimate of drug-likeness (QED) is 0.396. The molecule has 11 heteroatoms. The van der Waals surface area contributed by atoms with Crippen molar-refractivity contribution in [3.63, 3.8) is 0 Å². The summed E-state index contributed by atoms with van der Waals surface area (Å²) in [7, 11) is 1.28. The minimum absolute atomic E-state index is 0.305. The van der Waals surface area contributed by atoms with Crippen LogP contribution in [0.2, 0.25) is 0 Å². The molecule has 0 spiro atoms. The van der Waals surface area contributed by atoms with E-state index in [0.717, 1.165) is 15.3 Å². The van der Waals surface area contributed by atoms with E-state index in [-0.39, 0.29) is 5.91 Å². The molecule has 0 radical (unpaired) electrons. The highest BCUT2D eigenvalue weighted by Gasteiger charge is 2.21. The number of amides is 3. The van der Waals surface area contributed by atoms with Crippen LogP contribution in [0.1, 0.15) is 27.7 Å². The number of imidazole rings is 1. The van der Waals surface area contributed by atoms with Gasteiger partial charge in [-0.2, -0.15) is 0 Å².